The van der Waals surface area contributed by atoms with E-state index in [4.69, 9.17) is 11.6 Å². The summed E-state index contributed by atoms with van der Waals surface area (Å²) in [5, 5.41) is 13.6. The molecule has 6 nitrogen and oxygen atoms in total. The summed E-state index contributed by atoms with van der Waals surface area (Å²) in [4.78, 5) is 27.7. The molecule has 4 aromatic rings. The average Bonchev–Trinajstić information content (AvgIpc) is 3.48. The second-order valence-electron chi connectivity index (χ2n) is 7.81. The second-order valence-corrected chi connectivity index (χ2v) is 10.3. The van der Waals surface area contributed by atoms with E-state index in [1.165, 1.54) is 28.2 Å². The van der Waals surface area contributed by atoms with Crippen LogP contribution in [0.1, 0.15) is 38.1 Å². The molecule has 1 aliphatic heterocycles. The standard InChI is InChI=1S/C23H19ClN4O2S2/c1-12-7-8-15(9-13(12)2)28-11-14(10-18(28)29)22-26-27-23(32-22)25-21(30)20-19(24)16-5-3-4-6-17(16)31-20/h3-9,14H,10-11H2,1-2H3,(H,25,27,30)/t14-/m1/s1. The highest BCUT2D eigenvalue weighted by molar-refractivity contribution is 7.22. The van der Waals surface area contributed by atoms with E-state index >= 15 is 0 Å². The first-order chi connectivity index (χ1) is 15.4. The molecule has 0 spiro atoms. The van der Waals surface area contributed by atoms with Crippen molar-refractivity contribution in [1.82, 2.24) is 10.2 Å². The third-order valence-electron chi connectivity index (χ3n) is 5.68. The molecule has 2 aromatic carbocycles. The summed E-state index contributed by atoms with van der Waals surface area (Å²) in [7, 11) is 0. The van der Waals surface area contributed by atoms with Crippen molar-refractivity contribution in [2.75, 3.05) is 16.8 Å². The summed E-state index contributed by atoms with van der Waals surface area (Å²) in [5.74, 6) is -0.297. The van der Waals surface area contributed by atoms with Gasteiger partial charge in [-0.1, -0.05) is 47.2 Å². The highest BCUT2D eigenvalue weighted by Crippen LogP contribution is 2.37. The van der Waals surface area contributed by atoms with Crippen LogP contribution < -0.4 is 10.2 Å². The molecular formula is C23H19ClN4O2S2. The molecule has 1 atom stereocenters. The molecule has 2 aromatic heterocycles. The van der Waals surface area contributed by atoms with Gasteiger partial charge in [0.1, 0.15) is 9.88 Å². The normalized spacial score (nSPS) is 16.2. The Balaban J connectivity index is 1.31. The van der Waals surface area contributed by atoms with Crippen LogP contribution in [-0.2, 0) is 4.79 Å². The Bertz CT molecular complexity index is 1360. The molecule has 1 saturated heterocycles. The van der Waals surface area contributed by atoms with Crippen molar-refractivity contribution in [2.45, 2.75) is 26.2 Å². The van der Waals surface area contributed by atoms with Crippen LogP contribution in [0.25, 0.3) is 10.1 Å². The summed E-state index contributed by atoms with van der Waals surface area (Å²) in [6, 6.07) is 13.7. The van der Waals surface area contributed by atoms with E-state index in [9.17, 15) is 9.59 Å². The van der Waals surface area contributed by atoms with E-state index in [1.54, 1.807) is 4.90 Å². The molecule has 1 N–H and O–H groups in total. The monoisotopic (exact) mass is 482 g/mol. The molecule has 0 bridgehead atoms. The second kappa shape index (κ2) is 8.27. The van der Waals surface area contributed by atoms with Crippen LogP contribution in [0.2, 0.25) is 5.02 Å². The van der Waals surface area contributed by atoms with E-state index in [1.807, 2.05) is 49.4 Å². The van der Waals surface area contributed by atoms with Gasteiger partial charge in [0.2, 0.25) is 11.0 Å². The minimum absolute atomic E-state index is 0.0554. The Hall–Kier alpha value is -2.81. The number of aromatic nitrogens is 2. The number of hydrogen-bond donors (Lipinski definition) is 1. The molecule has 32 heavy (non-hydrogen) atoms. The third-order valence-corrected chi connectivity index (χ3v) is 8.35. The van der Waals surface area contributed by atoms with Gasteiger partial charge in [0.25, 0.3) is 5.91 Å². The van der Waals surface area contributed by atoms with Gasteiger partial charge in [-0.3, -0.25) is 14.9 Å². The maximum Gasteiger partial charge on any atom is 0.269 e. The number of fused-ring (bicyclic) bond motifs is 1. The molecule has 162 valence electrons. The van der Waals surface area contributed by atoms with Crippen LogP contribution >= 0.6 is 34.3 Å². The summed E-state index contributed by atoms with van der Waals surface area (Å²) in [6.07, 6.45) is 0.373. The van der Waals surface area contributed by atoms with E-state index in [2.05, 4.69) is 22.4 Å². The number of hydrogen-bond acceptors (Lipinski definition) is 6. The zero-order valence-electron chi connectivity index (χ0n) is 17.4. The van der Waals surface area contributed by atoms with E-state index < -0.39 is 0 Å². The first kappa shape index (κ1) is 21.1. The van der Waals surface area contributed by atoms with Crippen molar-refractivity contribution in [3.05, 3.63) is 68.5 Å². The van der Waals surface area contributed by atoms with Crippen molar-refractivity contribution in [1.29, 1.82) is 0 Å². The fourth-order valence-electron chi connectivity index (χ4n) is 3.78. The Morgan fingerprint density at radius 1 is 1.12 bits per heavy atom. The minimum Gasteiger partial charge on any atom is -0.312 e. The van der Waals surface area contributed by atoms with Gasteiger partial charge in [-0.25, -0.2) is 0 Å². The van der Waals surface area contributed by atoms with Crippen molar-refractivity contribution >= 4 is 67.0 Å². The summed E-state index contributed by atoms with van der Waals surface area (Å²) in [6.45, 7) is 4.64. The lowest BCUT2D eigenvalue weighted by atomic mass is 10.1. The van der Waals surface area contributed by atoms with Crippen molar-refractivity contribution < 1.29 is 9.59 Å². The Kier molecular flexibility index (Phi) is 5.44. The maximum atomic E-state index is 12.8. The van der Waals surface area contributed by atoms with Gasteiger partial charge in [-0.05, 0) is 43.2 Å². The average molecular weight is 483 g/mol. The zero-order chi connectivity index (χ0) is 22.4. The number of thiophene rings is 1. The fraction of sp³-hybridized carbons (Fsp3) is 0.217. The first-order valence-electron chi connectivity index (χ1n) is 10.1. The lowest BCUT2D eigenvalue weighted by Gasteiger charge is -2.17. The number of aryl methyl sites for hydroxylation is 2. The number of carbonyl (C=O) groups excluding carboxylic acids is 2. The number of nitrogens with one attached hydrogen (secondary N) is 1. The molecule has 9 heteroatoms. The smallest absolute Gasteiger partial charge is 0.269 e. The minimum atomic E-state index is -0.307. The van der Waals surface area contributed by atoms with Crippen LogP contribution in [-0.4, -0.2) is 28.6 Å². The summed E-state index contributed by atoms with van der Waals surface area (Å²) >= 11 is 9.06. The maximum absolute atomic E-state index is 12.8. The quantitative estimate of drug-likeness (QED) is 0.399. The predicted octanol–water partition coefficient (Wildman–Crippen LogP) is 5.80. The van der Waals surface area contributed by atoms with Gasteiger partial charge in [0.15, 0.2) is 0 Å². The molecule has 3 heterocycles. The number of rotatable bonds is 4. The zero-order valence-corrected chi connectivity index (χ0v) is 19.8. The van der Waals surface area contributed by atoms with Gasteiger partial charge in [-0.15, -0.1) is 21.5 Å². The van der Waals surface area contributed by atoms with Gasteiger partial charge in [0.05, 0.1) is 5.02 Å². The van der Waals surface area contributed by atoms with Crippen LogP contribution in [0.5, 0.6) is 0 Å². The number of anilines is 2. The lowest BCUT2D eigenvalue weighted by Crippen LogP contribution is -2.24. The number of halogens is 1. The van der Waals surface area contributed by atoms with Crippen molar-refractivity contribution in [3.63, 3.8) is 0 Å². The molecule has 5 rings (SSSR count). The topological polar surface area (TPSA) is 75.2 Å². The van der Waals surface area contributed by atoms with E-state index in [0.717, 1.165) is 26.3 Å². The van der Waals surface area contributed by atoms with Crippen LogP contribution in [0.4, 0.5) is 10.8 Å². The van der Waals surface area contributed by atoms with Gasteiger partial charge < -0.3 is 4.90 Å². The predicted molar refractivity (Wildman–Crippen MR) is 130 cm³/mol. The first-order valence-corrected chi connectivity index (χ1v) is 12.1. The molecule has 0 radical (unpaired) electrons. The van der Waals surface area contributed by atoms with Crippen molar-refractivity contribution in [2.24, 2.45) is 0 Å². The largest absolute Gasteiger partial charge is 0.312 e. The molecular weight excluding hydrogens is 464 g/mol. The Labute approximate surface area is 197 Å². The lowest BCUT2D eigenvalue weighted by molar-refractivity contribution is -0.117. The third kappa shape index (κ3) is 3.79. The SMILES string of the molecule is Cc1ccc(N2C[C@H](c3nnc(NC(=O)c4sc5ccccc5c4Cl)s3)CC2=O)cc1C. The number of carbonyl (C=O) groups is 2. The number of nitrogens with zero attached hydrogens (tertiary/aromatic N) is 3. The molecule has 2 amide bonds. The highest BCUT2D eigenvalue weighted by Gasteiger charge is 2.34. The number of benzene rings is 2. The van der Waals surface area contributed by atoms with Crippen LogP contribution in [0.15, 0.2) is 42.5 Å². The molecule has 0 saturated carbocycles. The summed E-state index contributed by atoms with van der Waals surface area (Å²) < 4.78 is 0.955. The van der Waals surface area contributed by atoms with E-state index in [0.29, 0.717) is 28.0 Å². The molecule has 0 unspecified atom stereocenters. The van der Waals surface area contributed by atoms with Crippen LogP contribution in [0, 0.1) is 13.8 Å². The van der Waals surface area contributed by atoms with Crippen molar-refractivity contribution in [3.8, 4) is 0 Å². The molecule has 1 fully saturated rings. The van der Waals surface area contributed by atoms with Gasteiger partial charge >= 0.3 is 0 Å². The Morgan fingerprint density at radius 2 is 1.94 bits per heavy atom. The van der Waals surface area contributed by atoms with Gasteiger partial charge in [-0.2, -0.15) is 0 Å². The van der Waals surface area contributed by atoms with Crippen LogP contribution in [0.3, 0.4) is 0 Å². The van der Waals surface area contributed by atoms with E-state index in [-0.39, 0.29) is 17.7 Å². The van der Waals surface area contributed by atoms with Gasteiger partial charge in [0, 0.05) is 34.7 Å². The Morgan fingerprint density at radius 3 is 2.72 bits per heavy atom. The fourth-order valence-corrected chi connectivity index (χ4v) is 6.02. The molecule has 1 aliphatic rings. The molecule has 0 aliphatic carbocycles. The number of amides is 2. The summed E-state index contributed by atoms with van der Waals surface area (Å²) in [5.41, 5.74) is 3.25. The highest BCUT2D eigenvalue weighted by atomic mass is 35.5.